The third-order valence-corrected chi connectivity index (χ3v) is 8.34. The van der Waals surface area contributed by atoms with Crippen LogP contribution in [0.25, 0.3) is 0 Å². The zero-order chi connectivity index (χ0) is 30.1. The van der Waals surface area contributed by atoms with E-state index in [-0.39, 0.29) is 57.0 Å². The lowest BCUT2D eigenvalue weighted by atomic mass is 9.77. The van der Waals surface area contributed by atoms with Gasteiger partial charge in [0.25, 0.3) is 0 Å². The van der Waals surface area contributed by atoms with Crippen LogP contribution in [0.3, 0.4) is 0 Å². The van der Waals surface area contributed by atoms with Crippen LogP contribution in [0.1, 0.15) is 53.6 Å². The number of amides is 3. The van der Waals surface area contributed by atoms with Gasteiger partial charge in [-0.3, -0.25) is 4.79 Å². The van der Waals surface area contributed by atoms with Gasteiger partial charge in [0.05, 0.1) is 23.1 Å². The SMILES string of the molecule is C#C[C@@H](c1cc(F)cc(C(F)(F)F)c1)N(C)C(=O)N1CCN2C(=O)C(CCO)(CCO)C[C@H]2[C@@H]1c1ccccc1C. The zero-order valence-corrected chi connectivity index (χ0v) is 22.9. The summed E-state index contributed by atoms with van der Waals surface area (Å²) in [6.45, 7) is 1.67. The molecule has 2 N–H and O–H groups in total. The first-order chi connectivity index (χ1) is 19.4. The summed E-state index contributed by atoms with van der Waals surface area (Å²) >= 11 is 0. The van der Waals surface area contributed by atoms with E-state index in [0.717, 1.165) is 28.2 Å². The molecule has 0 aromatic heterocycles. The number of carbonyl (C=O) groups is 2. The Morgan fingerprint density at radius 1 is 1.17 bits per heavy atom. The Bertz CT molecular complexity index is 1340. The van der Waals surface area contributed by atoms with Crippen LogP contribution >= 0.6 is 0 Å². The molecule has 7 nitrogen and oxygen atoms in total. The second-order valence-electron chi connectivity index (χ2n) is 10.7. The second kappa shape index (κ2) is 11.7. The summed E-state index contributed by atoms with van der Waals surface area (Å²) in [4.78, 5) is 32.1. The van der Waals surface area contributed by atoms with Crippen LogP contribution in [0.4, 0.5) is 22.4 Å². The number of fused-ring (bicyclic) bond motifs is 1. The Morgan fingerprint density at radius 2 is 1.83 bits per heavy atom. The molecule has 3 amide bonds. The summed E-state index contributed by atoms with van der Waals surface area (Å²) in [6.07, 6.45) is 1.49. The number of alkyl halides is 3. The second-order valence-corrected chi connectivity index (χ2v) is 10.7. The van der Waals surface area contributed by atoms with Gasteiger partial charge < -0.3 is 24.9 Å². The van der Waals surface area contributed by atoms with Crippen molar-refractivity contribution in [3.63, 3.8) is 0 Å². The molecule has 0 saturated carbocycles. The number of terminal acetylenes is 1. The van der Waals surface area contributed by atoms with Crippen LogP contribution in [-0.2, 0) is 11.0 Å². The number of hydrogen-bond acceptors (Lipinski definition) is 4. The molecule has 0 aliphatic carbocycles. The van der Waals surface area contributed by atoms with E-state index in [0.29, 0.717) is 6.07 Å². The fourth-order valence-electron chi connectivity index (χ4n) is 6.32. The van der Waals surface area contributed by atoms with Crippen molar-refractivity contribution < 1.29 is 37.4 Å². The minimum atomic E-state index is -4.81. The van der Waals surface area contributed by atoms with Gasteiger partial charge in [-0.2, -0.15) is 13.2 Å². The zero-order valence-electron chi connectivity index (χ0n) is 22.9. The van der Waals surface area contributed by atoms with Crippen LogP contribution in [0.5, 0.6) is 0 Å². The van der Waals surface area contributed by atoms with Gasteiger partial charge in [0, 0.05) is 33.4 Å². The number of piperazine rings is 1. The van der Waals surface area contributed by atoms with E-state index in [1.165, 1.54) is 7.05 Å². The monoisotopic (exact) mass is 575 g/mol. The van der Waals surface area contributed by atoms with Crippen LogP contribution in [-0.4, -0.2) is 76.2 Å². The van der Waals surface area contributed by atoms with Crippen molar-refractivity contribution >= 4 is 11.9 Å². The number of hydrogen-bond donors (Lipinski definition) is 2. The van der Waals surface area contributed by atoms with Crippen LogP contribution in [0.2, 0.25) is 0 Å². The molecule has 2 aromatic rings. The maximum atomic E-state index is 14.2. The normalized spacial score (nSPS) is 20.9. The van der Waals surface area contributed by atoms with Gasteiger partial charge in [0.2, 0.25) is 5.91 Å². The third-order valence-electron chi connectivity index (χ3n) is 8.34. The van der Waals surface area contributed by atoms with Crippen molar-refractivity contribution in [1.29, 1.82) is 0 Å². The molecule has 220 valence electrons. The van der Waals surface area contributed by atoms with E-state index < -0.39 is 47.1 Å². The first kappa shape index (κ1) is 30.3. The summed E-state index contributed by atoms with van der Waals surface area (Å²) in [6, 6.07) is 6.36. The van der Waals surface area contributed by atoms with Crippen LogP contribution < -0.4 is 0 Å². The highest BCUT2D eigenvalue weighted by molar-refractivity contribution is 5.86. The highest BCUT2D eigenvalue weighted by atomic mass is 19.4. The number of halogens is 4. The lowest BCUT2D eigenvalue weighted by Gasteiger charge is -2.46. The first-order valence-corrected chi connectivity index (χ1v) is 13.3. The molecule has 2 heterocycles. The van der Waals surface area contributed by atoms with Crippen molar-refractivity contribution in [3.05, 3.63) is 70.5 Å². The van der Waals surface area contributed by atoms with Crippen LogP contribution in [0.15, 0.2) is 42.5 Å². The molecule has 3 atom stereocenters. The Kier molecular flexibility index (Phi) is 8.66. The summed E-state index contributed by atoms with van der Waals surface area (Å²) in [5.74, 6) is 1.02. The maximum absolute atomic E-state index is 14.2. The van der Waals surface area contributed by atoms with Crippen LogP contribution in [0, 0.1) is 30.5 Å². The van der Waals surface area contributed by atoms with Crippen molar-refractivity contribution in [2.45, 2.75) is 50.5 Å². The number of nitrogens with zero attached hydrogens (tertiary/aromatic N) is 3. The van der Waals surface area contributed by atoms with Crippen molar-refractivity contribution in [2.75, 3.05) is 33.4 Å². The Balaban J connectivity index is 1.74. The number of carbonyl (C=O) groups excluding carboxylic acids is 2. The van der Waals surface area contributed by atoms with Gasteiger partial charge in [-0.25, -0.2) is 9.18 Å². The van der Waals surface area contributed by atoms with Gasteiger partial charge in [-0.15, -0.1) is 6.42 Å². The Hall–Kier alpha value is -3.62. The molecule has 2 fully saturated rings. The fraction of sp³-hybridized carbons (Fsp3) is 0.467. The van der Waals surface area contributed by atoms with Crippen molar-refractivity contribution in [3.8, 4) is 12.3 Å². The molecule has 4 rings (SSSR count). The number of benzene rings is 2. The van der Waals surface area contributed by atoms with Gasteiger partial charge in [-0.05, 0) is 61.1 Å². The molecule has 41 heavy (non-hydrogen) atoms. The average Bonchev–Trinajstić information content (AvgIpc) is 3.19. The predicted molar refractivity (Wildman–Crippen MR) is 143 cm³/mol. The maximum Gasteiger partial charge on any atom is 0.416 e. The minimum Gasteiger partial charge on any atom is -0.396 e. The Labute approximate surface area is 236 Å². The molecule has 11 heteroatoms. The quantitative estimate of drug-likeness (QED) is 0.381. The molecule has 2 aliphatic rings. The molecule has 2 saturated heterocycles. The topological polar surface area (TPSA) is 84.3 Å². The summed E-state index contributed by atoms with van der Waals surface area (Å²) < 4.78 is 54.4. The molecular formula is C30H33F4N3O4. The first-order valence-electron chi connectivity index (χ1n) is 13.3. The minimum absolute atomic E-state index is 0.104. The summed E-state index contributed by atoms with van der Waals surface area (Å²) in [5, 5.41) is 19.5. The lowest BCUT2D eigenvalue weighted by Crippen LogP contribution is -2.57. The van der Waals surface area contributed by atoms with Gasteiger partial charge >= 0.3 is 12.2 Å². The van der Waals surface area contributed by atoms with Crippen molar-refractivity contribution in [1.82, 2.24) is 14.7 Å². The largest absolute Gasteiger partial charge is 0.416 e. The van der Waals surface area contributed by atoms with Gasteiger partial charge in [-0.1, -0.05) is 30.2 Å². The molecule has 2 aliphatic heterocycles. The number of aliphatic hydroxyl groups is 2. The third kappa shape index (κ3) is 5.63. The van der Waals surface area contributed by atoms with Gasteiger partial charge in [0.1, 0.15) is 11.9 Å². The highest BCUT2D eigenvalue weighted by Gasteiger charge is 2.56. The van der Waals surface area contributed by atoms with E-state index in [1.807, 2.05) is 31.2 Å². The lowest BCUT2D eigenvalue weighted by molar-refractivity contribution is -0.140. The summed E-state index contributed by atoms with van der Waals surface area (Å²) in [5.41, 5.74) is -0.751. The van der Waals surface area contributed by atoms with Gasteiger partial charge in [0.15, 0.2) is 0 Å². The molecule has 0 bridgehead atoms. The standard InChI is InChI=1S/C30H33F4N3O4/c1-4-24(20-15-21(30(32,33)34)17-22(31)16-20)35(3)28(41)37-12-11-36-25(26(37)23-8-6-5-7-19(23)2)18-29(9-13-38,10-14-39)27(36)40/h1,5-8,15-17,24-26,38-39H,9-14,18H2,2-3H3/t24-,25-,26-/m0/s1. The smallest absolute Gasteiger partial charge is 0.396 e. The van der Waals surface area contributed by atoms with E-state index in [2.05, 4.69) is 5.92 Å². The fourth-order valence-corrected chi connectivity index (χ4v) is 6.32. The van der Waals surface area contributed by atoms with Crippen molar-refractivity contribution in [2.24, 2.45) is 5.41 Å². The molecule has 0 radical (unpaired) electrons. The average molecular weight is 576 g/mol. The van der Waals surface area contributed by atoms with E-state index in [9.17, 15) is 37.4 Å². The molecule has 2 aromatic carbocycles. The number of aryl methyl sites for hydroxylation is 1. The number of rotatable bonds is 7. The number of urea groups is 1. The van der Waals surface area contributed by atoms with E-state index in [4.69, 9.17) is 6.42 Å². The molecule has 0 unspecified atom stereocenters. The molecular weight excluding hydrogens is 542 g/mol. The van der Waals surface area contributed by atoms with E-state index in [1.54, 1.807) is 9.80 Å². The molecule has 0 spiro atoms. The number of aliphatic hydroxyl groups excluding tert-OH is 2. The summed E-state index contributed by atoms with van der Waals surface area (Å²) in [7, 11) is 1.36. The van der Waals surface area contributed by atoms with E-state index >= 15 is 0 Å². The Morgan fingerprint density at radius 3 is 2.41 bits per heavy atom. The highest BCUT2D eigenvalue weighted by Crippen LogP contribution is 2.49. The predicted octanol–water partition coefficient (Wildman–Crippen LogP) is 4.29.